The summed E-state index contributed by atoms with van der Waals surface area (Å²) < 4.78 is 4.59. The van der Waals surface area contributed by atoms with E-state index in [0.29, 0.717) is 0 Å². The standard InChI is InChI=1S/C32H51N9O15/c1-7-13(4)24(47)34-9-15-25(48)37-16(11-42)26(49)38-19(12(2)3)29(52)40-21(23(46)17(44)8-33)30(53)39-20(14(5)43)28(51)35-10-18(45)27(50)41-22(31(54)36-15)32(55)56-6/h7,12,14-23,27,41-46,50H,9-11H2,1-6H3,(H,34,47)(H,35,51)(H,36,54)(H,37,48)(H,38,49)(H,39,53)(H,40,52)/b13-7-. The molecule has 0 aromatic heterocycles. The molecular formula is C32H51N9O15. The third-order valence-electron chi connectivity index (χ3n) is 8.28. The average molecular weight is 802 g/mol. The summed E-state index contributed by atoms with van der Waals surface area (Å²) in [5.74, 6) is -10.6. The molecule has 0 aliphatic carbocycles. The summed E-state index contributed by atoms with van der Waals surface area (Å²) in [6.07, 6.45) is -9.22. The Bertz CT molecular complexity index is 1520. The fourth-order valence-electron chi connectivity index (χ4n) is 4.72. The zero-order valence-electron chi connectivity index (χ0n) is 31.4. The van der Waals surface area contributed by atoms with E-state index in [1.54, 1.807) is 0 Å². The number of β-amino-alcohol motifs (C(OH)–C–C–N with tert-alkyl or cyclic N) is 1. The summed E-state index contributed by atoms with van der Waals surface area (Å²) in [6, 6.07) is -10.4. The van der Waals surface area contributed by atoms with Crippen molar-refractivity contribution in [2.75, 3.05) is 26.8 Å². The maximum absolute atomic E-state index is 13.5. The molecule has 1 heterocycles. The minimum absolute atomic E-state index is 0.188. The first kappa shape index (κ1) is 48.7. The largest absolute Gasteiger partial charge is 0.467 e. The number of nitrogens with zero attached hydrogens (tertiary/aromatic N) is 1. The molecular weight excluding hydrogens is 750 g/mol. The predicted molar refractivity (Wildman–Crippen MR) is 187 cm³/mol. The maximum atomic E-state index is 13.5. The number of carbonyl (C=O) groups excluding carboxylic acids is 8. The minimum atomic E-state index is -2.37. The van der Waals surface area contributed by atoms with Crippen LogP contribution in [0.1, 0.15) is 34.6 Å². The highest BCUT2D eigenvalue weighted by molar-refractivity contribution is 6.04. The lowest BCUT2D eigenvalue weighted by molar-refractivity contribution is -0.150. The average Bonchev–Trinajstić information content (AvgIpc) is 3.16. The van der Waals surface area contributed by atoms with Crippen LogP contribution in [-0.4, -0.2) is 172 Å². The van der Waals surface area contributed by atoms with Gasteiger partial charge >= 0.3 is 5.97 Å². The second-order valence-electron chi connectivity index (χ2n) is 12.9. The molecule has 7 amide bonds. The van der Waals surface area contributed by atoms with Crippen LogP contribution in [-0.2, 0) is 43.1 Å². The molecule has 0 aromatic rings. The van der Waals surface area contributed by atoms with Crippen LogP contribution in [0.4, 0.5) is 0 Å². The van der Waals surface area contributed by atoms with Crippen molar-refractivity contribution < 1.29 is 73.7 Å². The molecule has 11 unspecified atom stereocenters. The second kappa shape index (κ2) is 22.9. The van der Waals surface area contributed by atoms with Gasteiger partial charge in [0.05, 0.1) is 25.9 Å². The number of allylic oxidation sites excluding steroid dienone is 1. The second-order valence-corrected chi connectivity index (χ2v) is 12.9. The molecule has 1 rings (SSSR count). The van der Waals surface area contributed by atoms with Crippen molar-refractivity contribution in [3.63, 3.8) is 0 Å². The third-order valence-corrected chi connectivity index (χ3v) is 8.28. The van der Waals surface area contributed by atoms with Gasteiger partial charge in [0.25, 0.3) is 0 Å². The first-order valence-corrected chi connectivity index (χ1v) is 17.1. The van der Waals surface area contributed by atoms with Gasteiger partial charge in [0.2, 0.25) is 41.4 Å². The number of carbonyl (C=O) groups is 8. The number of amides is 7. The number of hydrogen-bond acceptors (Lipinski definition) is 17. The molecule has 0 aromatic carbocycles. The van der Waals surface area contributed by atoms with Crippen LogP contribution < -0.4 is 42.5 Å². The van der Waals surface area contributed by atoms with Crippen LogP contribution in [0.3, 0.4) is 0 Å². The molecule has 1 aliphatic rings. The topological polar surface area (TPSA) is 387 Å². The maximum Gasteiger partial charge on any atom is 0.332 e. The summed E-state index contributed by atoms with van der Waals surface area (Å²) in [7, 11) is 0.858. The van der Waals surface area contributed by atoms with Gasteiger partial charge in [-0.25, -0.2) is 4.79 Å². The van der Waals surface area contributed by atoms with Crippen molar-refractivity contribution in [3.8, 4) is 6.07 Å². The van der Waals surface area contributed by atoms with E-state index in [9.17, 15) is 74.3 Å². The number of nitrogens with one attached hydrogen (secondary N) is 8. The first-order valence-electron chi connectivity index (χ1n) is 17.1. The van der Waals surface area contributed by atoms with E-state index in [0.717, 1.165) is 14.0 Å². The van der Waals surface area contributed by atoms with Crippen LogP contribution >= 0.6 is 0 Å². The zero-order chi connectivity index (χ0) is 43.0. The van der Waals surface area contributed by atoms with Gasteiger partial charge in [-0.1, -0.05) is 19.9 Å². The van der Waals surface area contributed by atoms with Gasteiger partial charge in [0.1, 0.15) is 48.6 Å². The summed E-state index contributed by atoms with van der Waals surface area (Å²) in [4.78, 5) is 105. The van der Waals surface area contributed by atoms with Crippen LogP contribution in [0.25, 0.3) is 0 Å². The summed E-state index contributed by atoms with van der Waals surface area (Å²) >= 11 is 0. The molecule has 0 bridgehead atoms. The van der Waals surface area contributed by atoms with Gasteiger partial charge in [-0.15, -0.1) is 0 Å². The molecule has 1 aliphatic heterocycles. The molecule has 314 valence electrons. The number of methoxy groups -OCH3 is 1. The Labute approximate surface area is 320 Å². The van der Waals surface area contributed by atoms with E-state index in [2.05, 4.69) is 42.0 Å². The normalized spacial score (nSPS) is 28.5. The van der Waals surface area contributed by atoms with Crippen molar-refractivity contribution >= 4 is 47.3 Å². The first-order chi connectivity index (χ1) is 26.1. The van der Waals surface area contributed by atoms with E-state index < -0.39 is 140 Å². The Hall–Kier alpha value is -5.29. The van der Waals surface area contributed by atoms with Gasteiger partial charge in [0, 0.05) is 18.7 Å². The lowest BCUT2D eigenvalue weighted by atomic mass is 9.99. The van der Waals surface area contributed by atoms with E-state index in [1.165, 1.54) is 39.8 Å². The van der Waals surface area contributed by atoms with Gasteiger partial charge in [-0.3, -0.25) is 38.9 Å². The van der Waals surface area contributed by atoms with Crippen LogP contribution in [0.5, 0.6) is 0 Å². The summed E-state index contributed by atoms with van der Waals surface area (Å²) in [6.45, 7) is 4.16. The molecule has 1 saturated heterocycles. The van der Waals surface area contributed by atoms with Crippen molar-refractivity contribution in [2.24, 2.45) is 5.92 Å². The fourth-order valence-corrected chi connectivity index (χ4v) is 4.72. The SMILES string of the molecule is C/C=C(/C)C(=O)NCC1NC(=O)C(C(=O)OC)NC(O)C(O)CNC(=O)C(C(C)O)NC(=O)C(C(O)C(O)C#N)NC(=O)C(C(C)C)NC(=O)C(CO)NC1=O. The molecule has 24 nitrogen and oxygen atoms in total. The molecule has 0 spiro atoms. The Morgan fingerprint density at radius 3 is 1.91 bits per heavy atom. The summed E-state index contributed by atoms with van der Waals surface area (Å²) in [5, 5.41) is 88.6. The van der Waals surface area contributed by atoms with Crippen molar-refractivity contribution in [1.82, 2.24) is 42.5 Å². The number of aliphatic hydroxyl groups is 6. The Morgan fingerprint density at radius 2 is 1.39 bits per heavy atom. The van der Waals surface area contributed by atoms with E-state index in [4.69, 9.17) is 0 Å². The Balaban J connectivity index is 3.81. The number of aliphatic hydroxyl groups excluding tert-OH is 6. The van der Waals surface area contributed by atoms with Crippen LogP contribution in [0.15, 0.2) is 11.6 Å². The Kier molecular flexibility index (Phi) is 20.0. The number of rotatable bonds is 9. The fraction of sp³-hybridized carbons (Fsp3) is 0.656. The predicted octanol–water partition coefficient (Wildman–Crippen LogP) is -8.29. The van der Waals surface area contributed by atoms with Gasteiger partial charge in [0.15, 0.2) is 12.1 Å². The van der Waals surface area contributed by atoms with Crippen molar-refractivity contribution in [3.05, 3.63) is 11.6 Å². The smallest absolute Gasteiger partial charge is 0.332 e. The number of hydrogen-bond donors (Lipinski definition) is 14. The van der Waals surface area contributed by atoms with Crippen LogP contribution in [0.2, 0.25) is 0 Å². The van der Waals surface area contributed by atoms with E-state index in [-0.39, 0.29) is 5.57 Å². The van der Waals surface area contributed by atoms with Crippen molar-refractivity contribution in [2.45, 2.75) is 102 Å². The minimum Gasteiger partial charge on any atom is -0.467 e. The lowest BCUT2D eigenvalue weighted by Crippen LogP contribution is -2.65. The molecule has 11 atom stereocenters. The summed E-state index contributed by atoms with van der Waals surface area (Å²) in [5.41, 5.74) is 0.188. The van der Waals surface area contributed by atoms with Gasteiger partial charge in [-0.2, -0.15) is 5.26 Å². The third kappa shape index (κ3) is 14.1. The molecule has 0 radical (unpaired) electrons. The van der Waals surface area contributed by atoms with Gasteiger partial charge in [-0.05, 0) is 26.7 Å². The highest BCUT2D eigenvalue weighted by Crippen LogP contribution is 2.08. The van der Waals surface area contributed by atoms with Gasteiger partial charge < -0.3 is 72.6 Å². The van der Waals surface area contributed by atoms with Crippen LogP contribution in [0, 0.1) is 17.2 Å². The lowest BCUT2D eigenvalue weighted by Gasteiger charge is -2.31. The van der Waals surface area contributed by atoms with Crippen molar-refractivity contribution in [1.29, 1.82) is 5.26 Å². The quantitative estimate of drug-likeness (QED) is 0.0445. The molecule has 1 fully saturated rings. The number of nitriles is 1. The number of esters is 1. The van der Waals surface area contributed by atoms with E-state index >= 15 is 0 Å². The molecule has 0 saturated carbocycles. The molecule has 14 N–H and O–H groups in total. The highest BCUT2D eigenvalue weighted by atomic mass is 16.5. The highest BCUT2D eigenvalue weighted by Gasteiger charge is 2.40. The monoisotopic (exact) mass is 801 g/mol. The Morgan fingerprint density at radius 1 is 0.857 bits per heavy atom. The zero-order valence-corrected chi connectivity index (χ0v) is 31.4. The molecule has 56 heavy (non-hydrogen) atoms. The molecule has 24 heteroatoms. The van der Waals surface area contributed by atoms with E-state index in [1.807, 2.05) is 5.32 Å². The number of ether oxygens (including phenoxy) is 1.